The van der Waals surface area contributed by atoms with Crippen molar-refractivity contribution in [2.45, 2.75) is 24.5 Å². The molecule has 0 unspecified atom stereocenters. The molecule has 2 aromatic rings. The van der Waals surface area contributed by atoms with Gasteiger partial charge in [-0.1, -0.05) is 0 Å². The molecule has 0 saturated carbocycles. The number of halogens is 1. The quantitative estimate of drug-likeness (QED) is 0.507. The highest BCUT2D eigenvalue weighted by Gasteiger charge is 2.46. The van der Waals surface area contributed by atoms with Crippen molar-refractivity contribution >= 4 is 11.6 Å². The van der Waals surface area contributed by atoms with Crippen LogP contribution in [-0.4, -0.2) is 54.8 Å². The Morgan fingerprint density at radius 3 is 3.00 bits per heavy atom. The number of nitrogen functional groups attached to an aromatic ring is 1. The zero-order valence-electron chi connectivity index (χ0n) is 10.1. The van der Waals surface area contributed by atoms with Gasteiger partial charge < -0.3 is 20.7 Å². The van der Waals surface area contributed by atoms with E-state index in [2.05, 4.69) is 15.1 Å². The van der Waals surface area contributed by atoms with Crippen LogP contribution in [0, 0.1) is 0 Å². The Hall–Kier alpha value is -2.04. The van der Waals surface area contributed by atoms with Gasteiger partial charge >= 0.3 is 0 Å². The first-order chi connectivity index (χ1) is 9.52. The number of alkyl halides is 1. The average molecular weight is 285 g/mol. The number of rotatable bonds is 2. The van der Waals surface area contributed by atoms with Gasteiger partial charge in [-0.15, -0.1) is 5.10 Å². The van der Waals surface area contributed by atoms with E-state index in [9.17, 15) is 14.3 Å². The molecule has 1 fully saturated rings. The highest BCUT2D eigenvalue weighted by atomic mass is 19.1. The number of aliphatic hydroxyl groups is 2. The van der Waals surface area contributed by atoms with Crippen LogP contribution in [0.15, 0.2) is 11.0 Å². The Kier molecular flexibility index (Phi) is 2.92. The van der Waals surface area contributed by atoms with Crippen LogP contribution in [0.4, 0.5) is 10.3 Å². The van der Waals surface area contributed by atoms with Gasteiger partial charge in [0.25, 0.3) is 5.56 Å². The molecule has 3 heterocycles. The number of ether oxygens (including phenoxy) is 1. The van der Waals surface area contributed by atoms with E-state index >= 15 is 0 Å². The largest absolute Gasteiger partial charge is 0.394 e. The molecule has 3 rings (SSSR count). The van der Waals surface area contributed by atoms with Crippen molar-refractivity contribution < 1.29 is 19.3 Å². The second-order valence-corrected chi connectivity index (χ2v) is 4.47. The number of aromatic amines is 1. The average Bonchev–Trinajstić information content (AvgIpc) is 2.93. The van der Waals surface area contributed by atoms with Crippen molar-refractivity contribution in [3.63, 3.8) is 0 Å². The summed E-state index contributed by atoms with van der Waals surface area (Å²) in [6.07, 6.45) is -4.24. The fourth-order valence-corrected chi connectivity index (χ4v) is 2.23. The second-order valence-electron chi connectivity index (χ2n) is 4.47. The summed E-state index contributed by atoms with van der Waals surface area (Å²) in [7, 11) is 0. The molecular formula is C10H12FN5O4. The van der Waals surface area contributed by atoms with E-state index in [1.165, 1.54) is 6.20 Å². The normalized spacial score (nSPS) is 30.1. The predicted octanol–water partition coefficient (Wildman–Crippen LogP) is -1.87. The highest BCUT2D eigenvalue weighted by molar-refractivity contribution is 5.38. The number of nitrogens with two attached hydrogens (primary N) is 1. The number of nitrogens with zero attached hydrogens (tertiary/aromatic N) is 3. The first kappa shape index (κ1) is 13.0. The third kappa shape index (κ3) is 1.77. The van der Waals surface area contributed by atoms with Crippen LogP contribution in [0.25, 0.3) is 5.65 Å². The highest BCUT2D eigenvalue weighted by Crippen LogP contribution is 2.35. The van der Waals surface area contributed by atoms with Crippen molar-refractivity contribution in [1.82, 2.24) is 19.6 Å². The molecule has 0 aromatic carbocycles. The molecular weight excluding hydrogens is 273 g/mol. The van der Waals surface area contributed by atoms with E-state index in [4.69, 9.17) is 15.6 Å². The first-order valence-electron chi connectivity index (χ1n) is 5.85. The number of imidazole rings is 1. The summed E-state index contributed by atoms with van der Waals surface area (Å²) >= 11 is 0. The van der Waals surface area contributed by atoms with Crippen LogP contribution in [0.2, 0.25) is 0 Å². The van der Waals surface area contributed by atoms with Crippen LogP contribution in [0.1, 0.15) is 11.8 Å². The molecule has 108 valence electrons. The molecule has 0 amide bonds. The summed E-state index contributed by atoms with van der Waals surface area (Å²) in [5.41, 5.74) is 4.93. The molecule has 0 bridgehead atoms. The molecule has 1 aliphatic rings. The molecule has 1 saturated heterocycles. The molecule has 2 aromatic heterocycles. The van der Waals surface area contributed by atoms with Gasteiger partial charge in [-0.3, -0.25) is 9.78 Å². The van der Waals surface area contributed by atoms with Gasteiger partial charge in [0, 0.05) is 0 Å². The summed E-state index contributed by atoms with van der Waals surface area (Å²) in [5.74, 6) is -0.158. The monoisotopic (exact) mass is 285 g/mol. The number of nitrogens with one attached hydrogen (secondary N) is 1. The maximum atomic E-state index is 14.0. The second kappa shape index (κ2) is 4.51. The summed E-state index contributed by atoms with van der Waals surface area (Å²) in [5, 5.41) is 22.4. The van der Waals surface area contributed by atoms with E-state index in [1.54, 1.807) is 0 Å². The minimum Gasteiger partial charge on any atom is -0.394 e. The zero-order chi connectivity index (χ0) is 14.4. The van der Waals surface area contributed by atoms with Gasteiger partial charge in [-0.05, 0) is 0 Å². The lowest BCUT2D eigenvalue weighted by atomic mass is 10.1. The van der Waals surface area contributed by atoms with Crippen LogP contribution < -0.4 is 11.3 Å². The first-order valence-corrected chi connectivity index (χ1v) is 5.85. The Bertz CT molecular complexity index is 701. The molecule has 1 aliphatic heterocycles. The van der Waals surface area contributed by atoms with Crippen molar-refractivity contribution in [2.75, 3.05) is 12.3 Å². The lowest BCUT2D eigenvalue weighted by molar-refractivity contribution is -0.0241. The molecule has 5 N–H and O–H groups in total. The van der Waals surface area contributed by atoms with E-state index in [1.807, 2.05) is 0 Å². The maximum absolute atomic E-state index is 14.0. The zero-order valence-corrected chi connectivity index (χ0v) is 10.1. The number of anilines is 1. The van der Waals surface area contributed by atoms with Crippen LogP contribution in [-0.2, 0) is 4.74 Å². The predicted molar refractivity (Wildman–Crippen MR) is 63.6 cm³/mol. The Morgan fingerprint density at radius 2 is 2.35 bits per heavy atom. The van der Waals surface area contributed by atoms with Gasteiger partial charge in [0.15, 0.2) is 6.17 Å². The number of hydrogen-bond donors (Lipinski definition) is 4. The number of H-pyrrole nitrogens is 1. The van der Waals surface area contributed by atoms with Crippen LogP contribution >= 0.6 is 0 Å². The van der Waals surface area contributed by atoms with Gasteiger partial charge in [-0.25, -0.2) is 13.9 Å². The third-order valence-corrected chi connectivity index (χ3v) is 3.21. The van der Waals surface area contributed by atoms with Crippen molar-refractivity contribution in [1.29, 1.82) is 0 Å². The van der Waals surface area contributed by atoms with E-state index in [0.717, 1.165) is 4.52 Å². The van der Waals surface area contributed by atoms with Crippen LogP contribution in [0.3, 0.4) is 0 Å². The molecule has 0 aliphatic carbocycles. The van der Waals surface area contributed by atoms with E-state index < -0.39 is 36.6 Å². The smallest absolute Gasteiger partial charge is 0.295 e. The topological polar surface area (TPSA) is 139 Å². The Labute approximate surface area is 110 Å². The summed E-state index contributed by atoms with van der Waals surface area (Å²) < 4.78 is 20.3. The minimum atomic E-state index is -1.77. The molecule has 0 radical (unpaired) electrons. The van der Waals surface area contributed by atoms with Gasteiger partial charge in [0.05, 0.1) is 18.5 Å². The standard InChI is InChI=1S/C10H12FN5O4/c11-5-6(18)4(2-17)20-7(5)3-1-13-8-9(19)14-10(12)15-16(3)8/h1,4-7,17-18H,2H2,(H3,12,14,15,19)/t4-,5-,6-,7+/m1/s1. The van der Waals surface area contributed by atoms with E-state index in [-0.39, 0.29) is 17.3 Å². The lowest BCUT2D eigenvalue weighted by Crippen LogP contribution is -2.30. The summed E-state index contributed by atoms with van der Waals surface area (Å²) in [6.45, 7) is -0.523. The molecule has 4 atom stereocenters. The molecule has 20 heavy (non-hydrogen) atoms. The molecule has 9 nitrogen and oxygen atoms in total. The van der Waals surface area contributed by atoms with Gasteiger partial charge in [0.1, 0.15) is 18.3 Å². The fraction of sp³-hybridized carbons (Fsp3) is 0.500. The lowest BCUT2D eigenvalue weighted by Gasteiger charge is -2.11. The Balaban J connectivity index is 2.09. The fourth-order valence-electron chi connectivity index (χ4n) is 2.23. The molecule has 10 heteroatoms. The SMILES string of the molecule is Nc1nn2c([C@@H]3O[C@H](CO)[C@@H](O)[C@H]3F)cnc2c(=O)[nH]1. The van der Waals surface area contributed by atoms with E-state index in [0.29, 0.717) is 0 Å². The summed E-state index contributed by atoms with van der Waals surface area (Å²) in [4.78, 5) is 17.7. The molecule has 0 spiro atoms. The van der Waals surface area contributed by atoms with Crippen molar-refractivity contribution in [3.8, 4) is 0 Å². The van der Waals surface area contributed by atoms with Crippen LogP contribution in [0.5, 0.6) is 0 Å². The van der Waals surface area contributed by atoms with Crippen molar-refractivity contribution in [3.05, 3.63) is 22.2 Å². The Morgan fingerprint density at radius 1 is 1.60 bits per heavy atom. The van der Waals surface area contributed by atoms with Gasteiger partial charge in [0.2, 0.25) is 11.6 Å². The van der Waals surface area contributed by atoms with Gasteiger partial charge in [-0.2, -0.15) is 0 Å². The maximum Gasteiger partial charge on any atom is 0.295 e. The number of aliphatic hydroxyl groups excluding tert-OH is 2. The number of hydrogen-bond acceptors (Lipinski definition) is 7. The van der Waals surface area contributed by atoms with Crippen molar-refractivity contribution in [2.24, 2.45) is 0 Å². The third-order valence-electron chi connectivity index (χ3n) is 3.21. The minimum absolute atomic E-state index is 0.0630. The summed E-state index contributed by atoms with van der Waals surface area (Å²) in [6, 6.07) is 0. The number of fused-ring (bicyclic) bond motifs is 1. The number of aromatic nitrogens is 4.